The van der Waals surface area contributed by atoms with Gasteiger partial charge in [0.2, 0.25) is 5.95 Å². The van der Waals surface area contributed by atoms with Crippen LogP contribution >= 0.6 is 18.7 Å². The van der Waals surface area contributed by atoms with Crippen LogP contribution < -0.4 is 21.1 Å². The number of benzene rings is 2. The number of rotatable bonds is 9. The minimum Gasteiger partial charge on any atom is -0.495 e. The number of nitrogens with zero attached hydrogens (tertiary/aromatic N) is 3. The van der Waals surface area contributed by atoms with Crippen LogP contribution in [0.2, 0.25) is 5.02 Å². The van der Waals surface area contributed by atoms with E-state index in [-0.39, 0.29) is 5.02 Å². The monoisotopic (exact) mass is 513 g/mol. The molecule has 0 saturated carbocycles. The van der Waals surface area contributed by atoms with E-state index in [0.29, 0.717) is 22.7 Å². The number of nitrogens with one attached hydrogen (secondary N) is 1. The van der Waals surface area contributed by atoms with Crippen LogP contribution in [0.1, 0.15) is 36.3 Å². The standard InChI is InChI=1S/C26H33ClN5O2P/c1-34-23-17-19(13-16-32-14-7-4-8-15-32)11-12-22(23)30-26-29-18-21(27)24(31-26)25(28)35(2,33)20-9-5-3-6-10-20/h3,5-6,9-12,17-18,25H,4,7-8,13-16,28H2,1-2H3,(H,29,30,31). The Balaban J connectivity index is 1.51. The van der Waals surface area contributed by atoms with E-state index in [1.165, 1.54) is 44.1 Å². The molecule has 0 aliphatic carbocycles. The van der Waals surface area contributed by atoms with E-state index in [1.54, 1.807) is 13.8 Å². The lowest BCUT2D eigenvalue weighted by molar-refractivity contribution is 0.231. The number of nitrogens with two attached hydrogens (primary N) is 1. The first-order valence-electron chi connectivity index (χ1n) is 12.0. The van der Waals surface area contributed by atoms with Crippen LogP contribution in [0.5, 0.6) is 5.75 Å². The Bertz CT molecular complexity index is 1190. The maximum absolute atomic E-state index is 13.6. The quantitative estimate of drug-likeness (QED) is 0.380. The van der Waals surface area contributed by atoms with Gasteiger partial charge >= 0.3 is 0 Å². The molecule has 0 bridgehead atoms. The molecule has 3 aromatic rings. The van der Waals surface area contributed by atoms with Gasteiger partial charge in [0.25, 0.3) is 0 Å². The van der Waals surface area contributed by atoms with Gasteiger partial charge < -0.3 is 25.3 Å². The largest absolute Gasteiger partial charge is 0.495 e. The summed E-state index contributed by atoms with van der Waals surface area (Å²) >= 11 is 6.38. The van der Waals surface area contributed by atoms with Crippen LogP contribution in [0.25, 0.3) is 0 Å². The third-order valence-corrected chi connectivity index (χ3v) is 9.45. The van der Waals surface area contributed by atoms with Crippen LogP contribution in [0, 0.1) is 0 Å². The lowest BCUT2D eigenvalue weighted by Gasteiger charge is -2.26. The van der Waals surface area contributed by atoms with Crippen molar-refractivity contribution in [2.75, 3.05) is 38.7 Å². The van der Waals surface area contributed by atoms with E-state index < -0.39 is 12.9 Å². The van der Waals surface area contributed by atoms with Gasteiger partial charge in [-0.15, -0.1) is 0 Å². The molecule has 2 heterocycles. The Labute approximate surface area is 212 Å². The summed E-state index contributed by atoms with van der Waals surface area (Å²) in [5, 5.41) is 4.17. The summed E-state index contributed by atoms with van der Waals surface area (Å²) in [6.07, 6.45) is 6.37. The summed E-state index contributed by atoms with van der Waals surface area (Å²) in [5.74, 6) is 0.156. The molecule has 0 amide bonds. The van der Waals surface area contributed by atoms with Crippen molar-refractivity contribution in [2.24, 2.45) is 5.73 Å². The number of halogens is 1. The van der Waals surface area contributed by atoms with E-state index in [0.717, 1.165) is 18.7 Å². The topological polar surface area (TPSA) is 93.4 Å². The van der Waals surface area contributed by atoms with E-state index in [1.807, 2.05) is 42.5 Å². The van der Waals surface area contributed by atoms with Gasteiger partial charge in [0, 0.05) is 11.8 Å². The number of anilines is 2. The van der Waals surface area contributed by atoms with E-state index in [2.05, 4.69) is 26.3 Å². The van der Waals surface area contributed by atoms with Crippen molar-refractivity contribution in [3.63, 3.8) is 0 Å². The number of aromatic nitrogens is 2. The molecular formula is C26H33ClN5O2P. The Hall–Kier alpha value is -2.44. The SMILES string of the molecule is COc1cc(CCN2CCCCC2)ccc1Nc1ncc(Cl)c(C(N)P(C)(=O)c2ccccc2)n1. The van der Waals surface area contributed by atoms with Crippen molar-refractivity contribution in [1.82, 2.24) is 14.9 Å². The van der Waals surface area contributed by atoms with E-state index >= 15 is 0 Å². The number of ether oxygens (including phenoxy) is 1. The van der Waals surface area contributed by atoms with Gasteiger partial charge in [0.05, 0.1) is 29.7 Å². The lowest BCUT2D eigenvalue weighted by atomic mass is 10.1. The van der Waals surface area contributed by atoms with Crippen molar-refractivity contribution in [2.45, 2.75) is 31.5 Å². The van der Waals surface area contributed by atoms with Crippen molar-refractivity contribution >= 4 is 35.7 Å². The Morgan fingerprint density at radius 3 is 2.63 bits per heavy atom. The van der Waals surface area contributed by atoms with Crippen molar-refractivity contribution < 1.29 is 9.30 Å². The number of hydrogen-bond donors (Lipinski definition) is 2. The average molecular weight is 514 g/mol. The molecule has 1 aromatic heterocycles. The molecule has 7 nitrogen and oxygen atoms in total. The van der Waals surface area contributed by atoms with Crippen molar-refractivity contribution in [3.8, 4) is 5.75 Å². The predicted molar refractivity (Wildman–Crippen MR) is 144 cm³/mol. The molecule has 4 rings (SSSR count). The number of likely N-dealkylation sites (tertiary alicyclic amines) is 1. The summed E-state index contributed by atoms with van der Waals surface area (Å²) < 4.78 is 19.2. The second-order valence-electron chi connectivity index (χ2n) is 9.01. The number of piperidine rings is 1. The molecule has 2 unspecified atom stereocenters. The molecule has 186 valence electrons. The molecule has 9 heteroatoms. The maximum atomic E-state index is 13.6. The summed E-state index contributed by atoms with van der Waals surface area (Å²) in [5.41, 5.74) is 8.74. The van der Waals surface area contributed by atoms with Crippen LogP contribution in [0.15, 0.2) is 54.7 Å². The predicted octanol–water partition coefficient (Wildman–Crippen LogP) is 5.19. The second-order valence-corrected chi connectivity index (χ2v) is 12.5. The molecule has 0 spiro atoms. The normalized spacial score (nSPS) is 16.9. The van der Waals surface area contributed by atoms with Gasteiger partial charge in [0.15, 0.2) is 0 Å². The number of hydrogen-bond acceptors (Lipinski definition) is 7. The zero-order valence-electron chi connectivity index (χ0n) is 20.3. The molecule has 3 N–H and O–H groups in total. The molecule has 2 aromatic carbocycles. The highest BCUT2D eigenvalue weighted by molar-refractivity contribution is 7.71. The molecule has 1 fully saturated rings. The fourth-order valence-corrected chi connectivity index (χ4v) is 6.38. The number of methoxy groups -OCH3 is 1. The summed E-state index contributed by atoms with van der Waals surface area (Å²) in [4.78, 5) is 11.4. The van der Waals surface area contributed by atoms with Gasteiger partial charge in [-0.2, -0.15) is 0 Å². The van der Waals surface area contributed by atoms with Crippen molar-refractivity contribution in [1.29, 1.82) is 0 Å². The highest BCUT2D eigenvalue weighted by Gasteiger charge is 2.31. The Morgan fingerprint density at radius 2 is 1.91 bits per heavy atom. The summed E-state index contributed by atoms with van der Waals surface area (Å²) in [7, 11) is -1.34. The fourth-order valence-electron chi connectivity index (χ4n) is 4.35. The molecule has 1 aliphatic heterocycles. The second kappa shape index (κ2) is 11.5. The first kappa shape index (κ1) is 25.6. The zero-order valence-corrected chi connectivity index (χ0v) is 21.9. The van der Waals surface area contributed by atoms with Crippen LogP contribution in [-0.4, -0.2) is 48.3 Å². The molecule has 1 aliphatic rings. The minimum atomic E-state index is -2.98. The molecule has 1 saturated heterocycles. The smallest absolute Gasteiger partial charge is 0.227 e. The average Bonchev–Trinajstić information content (AvgIpc) is 2.89. The molecular weight excluding hydrogens is 481 g/mol. The Kier molecular flexibility index (Phi) is 8.45. The highest BCUT2D eigenvalue weighted by atomic mass is 35.5. The van der Waals surface area contributed by atoms with Crippen LogP contribution in [0.4, 0.5) is 11.6 Å². The highest BCUT2D eigenvalue weighted by Crippen LogP contribution is 2.52. The van der Waals surface area contributed by atoms with Gasteiger partial charge in [0.1, 0.15) is 18.7 Å². The zero-order chi connectivity index (χ0) is 24.8. The molecule has 2 atom stereocenters. The fraction of sp³-hybridized carbons (Fsp3) is 0.385. The maximum Gasteiger partial charge on any atom is 0.227 e. The lowest BCUT2D eigenvalue weighted by Crippen LogP contribution is -2.31. The van der Waals surface area contributed by atoms with Gasteiger partial charge in [-0.25, -0.2) is 9.97 Å². The third kappa shape index (κ3) is 6.22. The first-order chi connectivity index (χ1) is 16.9. The van der Waals surface area contributed by atoms with Gasteiger partial charge in [-0.1, -0.05) is 54.4 Å². The van der Waals surface area contributed by atoms with Crippen LogP contribution in [0.3, 0.4) is 0 Å². The summed E-state index contributed by atoms with van der Waals surface area (Å²) in [6, 6.07) is 15.3. The van der Waals surface area contributed by atoms with Crippen molar-refractivity contribution in [3.05, 3.63) is 71.0 Å². The van der Waals surface area contributed by atoms with E-state index in [9.17, 15) is 4.57 Å². The molecule has 0 radical (unpaired) electrons. The van der Waals surface area contributed by atoms with Crippen LogP contribution in [-0.2, 0) is 11.0 Å². The molecule has 35 heavy (non-hydrogen) atoms. The summed E-state index contributed by atoms with van der Waals surface area (Å²) in [6.45, 7) is 5.08. The van der Waals surface area contributed by atoms with Gasteiger partial charge in [-0.3, -0.25) is 0 Å². The minimum absolute atomic E-state index is 0.279. The third-order valence-electron chi connectivity index (χ3n) is 6.53. The van der Waals surface area contributed by atoms with Gasteiger partial charge in [-0.05, 0) is 56.7 Å². The Morgan fingerprint density at radius 1 is 1.17 bits per heavy atom. The van der Waals surface area contributed by atoms with E-state index in [4.69, 9.17) is 22.1 Å². The first-order valence-corrected chi connectivity index (χ1v) is 14.6.